The predicted molar refractivity (Wildman–Crippen MR) is 104 cm³/mol. The first kappa shape index (κ1) is 21.9. The summed E-state index contributed by atoms with van der Waals surface area (Å²) in [4.78, 5) is -0.0357. The van der Waals surface area contributed by atoms with Crippen molar-refractivity contribution in [2.45, 2.75) is 24.3 Å². The minimum Gasteiger partial charge on any atom is -0.495 e. The number of primary sulfonamides is 1. The van der Waals surface area contributed by atoms with Crippen LogP contribution in [-0.4, -0.2) is 41.8 Å². The van der Waals surface area contributed by atoms with Gasteiger partial charge in [-0.3, -0.25) is 0 Å². The van der Waals surface area contributed by atoms with Gasteiger partial charge in [-0.05, 0) is 43.2 Å². The molecule has 1 unspecified atom stereocenters. The summed E-state index contributed by atoms with van der Waals surface area (Å²) in [7, 11) is -1.03. The molecule has 0 aliphatic carbocycles. The second-order valence-electron chi connectivity index (χ2n) is 6.23. The Balaban J connectivity index is 1.89. The van der Waals surface area contributed by atoms with Gasteiger partial charge in [0.25, 0.3) is 0 Å². The van der Waals surface area contributed by atoms with Crippen LogP contribution in [0.4, 0.5) is 4.39 Å². The summed E-state index contributed by atoms with van der Waals surface area (Å²) in [5, 5.41) is 8.53. The number of halogens is 1. The molecule has 0 radical (unpaired) electrons. The van der Waals surface area contributed by atoms with Gasteiger partial charge in [-0.1, -0.05) is 6.07 Å². The number of rotatable bonds is 10. The topological polar surface area (TPSA) is 99.9 Å². The summed E-state index contributed by atoms with van der Waals surface area (Å²) < 4.78 is 52.3. The highest BCUT2D eigenvalue weighted by atomic mass is 32.2. The SMILES string of the molecule is COc1cc(F)ccc1OCCNC(C)Cc1ccc(OC)c(S(N)(=O)=O)c1. The maximum atomic E-state index is 13.2. The van der Waals surface area contributed by atoms with Gasteiger partial charge >= 0.3 is 0 Å². The molecular formula is C19H25FN2O5S. The fraction of sp³-hybridized carbons (Fsp3) is 0.368. The maximum absolute atomic E-state index is 13.2. The second kappa shape index (κ2) is 9.72. The van der Waals surface area contributed by atoms with E-state index < -0.39 is 15.8 Å². The van der Waals surface area contributed by atoms with Crippen LogP contribution in [0.3, 0.4) is 0 Å². The van der Waals surface area contributed by atoms with Gasteiger partial charge in [0.2, 0.25) is 10.0 Å². The van der Waals surface area contributed by atoms with Crippen LogP contribution in [-0.2, 0) is 16.4 Å². The van der Waals surface area contributed by atoms with Gasteiger partial charge in [-0.2, -0.15) is 0 Å². The lowest BCUT2D eigenvalue weighted by molar-refractivity contribution is 0.286. The van der Waals surface area contributed by atoms with E-state index in [1.54, 1.807) is 12.1 Å². The normalized spacial score (nSPS) is 12.5. The Morgan fingerprint density at radius 1 is 1.07 bits per heavy atom. The van der Waals surface area contributed by atoms with Crippen LogP contribution >= 0.6 is 0 Å². The van der Waals surface area contributed by atoms with E-state index in [2.05, 4.69) is 5.32 Å². The standard InChI is InChI=1S/C19H25FN2O5S/c1-13(10-14-4-6-17(25-2)19(11-14)28(21,23)24)22-8-9-27-16-7-5-15(20)12-18(16)26-3/h4-7,11-13,22H,8-10H2,1-3H3,(H2,21,23,24). The number of hydrogen-bond donors (Lipinski definition) is 2. The predicted octanol–water partition coefficient (Wildman–Crippen LogP) is 2.09. The average Bonchev–Trinajstić information content (AvgIpc) is 2.65. The molecular weight excluding hydrogens is 387 g/mol. The van der Waals surface area contributed by atoms with Crippen LogP contribution in [0.5, 0.6) is 17.2 Å². The summed E-state index contributed by atoms with van der Waals surface area (Å²) in [6.45, 7) is 2.87. The van der Waals surface area contributed by atoms with E-state index >= 15 is 0 Å². The van der Waals surface area contributed by atoms with Gasteiger partial charge in [-0.15, -0.1) is 0 Å². The lowest BCUT2D eigenvalue weighted by atomic mass is 10.1. The fourth-order valence-corrected chi connectivity index (χ4v) is 3.47. The van der Waals surface area contributed by atoms with Gasteiger partial charge in [0.05, 0.1) is 14.2 Å². The van der Waals surface area contributed by atoms with Gasteiger partial charge in [0.15, 0.2) is 11.5 Å². The fourth-order valence-electron chi connectivity index (χ4n) is 2.72. The van der Waals surface area contributed by atoms with Gasteiger partial charge in [-0.25, -0.2) is 17.9 Å². The minimum atomic E-state index is -3.87. The highest BCUT2D eigenvalue weighted by molar-refractivity contribution is 7.89. The first-order valence-electron chi connectivity index (χ1n) is 8.64. The summed E-state index contributed by atoms with van der Waals surface area (Å²) in [5.41, 5.74) is 0.811. The molecule has 2 rings (SSSR count). The summed E-state index contributed by atoms with van der Waals surface area (Å²) in [6.07, 6.45) is 0.590. The van der Waals surface area contributed by atoms with E-state index in [0.717, 1.165) is 5.56 Å². The number of hydrogen-bond acceptors (Lipinski definition) is 6. The molecule has 0 aliphatic rings. The van der Waals surface area contributed by atoms with E-state index in [9.17, 15) is 12.8 Å². The monoisotopic (exact) mass is 412 g/mol. The Labute approximate surface area is 164 Å². The Morgan fingerprint density at radius 3 is 2.39 bits per heavy atom. The molecule has 2 aromatic rings. The maximum Gasteiger partial charge on any atom is 0.241 e. The van der Waals surface area contributed by atoms with Crippen LogP contribution in [0.1, 0.15) is 12.5 Å². The molecule has 1 atom stereocenters. The van der Waals surface area contributed by atoms with Gasteiger partial charge < -0.3 is 19.5 Å². The molecule has 0 heterocycles. The van der Waals surface area contributed by atoms with Crippen molar-refractivity contribution in [3.8, 4) is 17.2 Å². The zero-order chi connectivity index (χ0) is 20.7. The van der Waals surface area contributed by atoms with Crippen molar-refractivity contribution < 1.29 is 27.0 Å². The van der Waals surface area contributed by atoms with E-state index in [1.165, 1.54) is 38.5 Å². The van der Waals surface area contributed by atoms with Crippen LogP contribution in [0.2, 0.25) is 0 Å². The molecule has 0 amide bonds. The van der Waals surface area contributed by atoms with Crippen molar-refractivity contribution in [3.05, 3.63) is 47.8 Å². The zero-order valence-corrected chi connectivity index (χ0v) is 16.9. The largest absolute Gasteiger partial charge is 0.495 e. The Hall–Kier alpha value is -2.36. The number of benzene rings is 2. The quantitative estimate of drug-likeness (QED) is 0.580. The van der Waals surface area contributed by atoms with Crippen molar-refractivity contribution in [1.82, 2.24) is 5.32 Å². The summed E-state index contributed by atoms with van der Waals surface area (Å²) in [6, 6.07) is 9.05. The molecule has 0 saturated heterocycles. The smallest absolute Gasteiger partial charge is 0.241 e. The zero-order valence-electron chi connectivity index (χ0n) is 16.1. The third-order valence-corrected chi connectivity index (χ3v) is 4.99. The lowest BCUT2D eigenvalue weighted by Crippen LogP contribution is -2.32. The van der Waals surface area contributed by atoms with Crippen molar-refractivity contribution >= 4 is 10.0 Å². The van der Waals surface area contributed by atoms with Crippen molar-refractivity contribution in [2.24, 2.45) is 5.14 Å². The third-order valence-electron chi connectivity index (χ3n) is 4.05. The summed E-state index contributed by atoms with van der Waals surface area (Å²) >= 11 is 0. The average molecular weight is 412 g/mol. The molecule has 0 bridgehead atoms. The molecule has 0 saturated carbocycles. The second-order valence-corrected chi connectivity index (χ2v) is 7.76. The van der Waals surface area contributed by atoms with E-state index in [-0.39, 0.29) is 16.7 Å². The van der Waals surface area contributed by atoms with Crippen molar-refractivity contribution in [3.63, 3.8) is 0 Å². The molecule has 0 spiro atoms. The van der Waals surface area contributed by atoms with E-state index in [0.29, 0.717) is 31.1 Å². The number of ether oxygens (including phenoxy) is 3. The van der Waals surface area contributed by atoms with Crippen LogP contribution in [0, 0.1) is 5.82 Å². The number of nitrogens with one attached hydrogen (secondary N) is 1. The number of sulfonamides is 1. The van der Waals surface area contributed by atoms with Crippen LogP contribution in [0.25, 0.3) is 0 Å². The molecule has 28 heavy (non-hydrogen) atoms. The van der Waals surface area contributed by atoms with E-state index in [4.69, 9.17) is 19.3 Å². The molecule has 0 aromatic heterocycles. The molecule has 3 N–H and O–H groups in total. The highest BCUT2D eigenvalue weighted by Gasteiger charge is 2.16. The number of methoxy groups -OCH3 is 2. The molecule has 7 nitrogen and oxygen atoms in total. The molecule has 9 heteroatoms. The van der Waals surface area contributed by atoms with E-state index in [1.807, 2.05) is 6.92 Å². The molecule has 0 aliphatic heterocycles. The summed E-state index contributed by atoms with van der Waals surface area (Å²) in [5.74, 6) is 0.621. The lowest BCUT2D eigenvalue weighted by Gasteiger charge is -2.16. The third kappa shape index (κ3) is 6.08. The molecule has 0 fully saturated rings. The minimum absolute atomic E-state index is 0.0357. The van der Waals surface area contributed by atoms with Gasteiger partial charge in [0.1, 0.15) is 23.1 Å². The highest BCUT2D eigenvalue weighted by Crippen LogP contribution is 2.27. The first-order valence-corrected chi connectivity index (χ1v) is 10.2. The van der Waals surface area contributed by atoms with Crippen LogP contribution < -0.4 is 24.7 Å². The molecule has 2 aromatic carbocycles. The first-order chi connectivity index (χ1) is 13.2. The Bertz CT molecular complexity index is 905. The van der Waals surface area contributed by atoms with Crippen molar-refractivity contribution in [1.29, 1.82) is 0 Å². The van der Waals surface area contributed by atoms with Gasteiger partial charge in [0, 0.05) is 18.7 Å². The Morgan fingerprint density at radius 2 is 1.75 bits per heavy atom. The Kier molecular flexibility index (Phi) is 7.61. The van der Waals surface area contributed by atoms with Crippen LogP contribution in [0.15, 0.2) is 41.3 Å². The number of nitrogens with two attached hydrogens (primary N) is 1. The van der Waals surface area contributed by atoms with Crippen molar-refractivity contribution in [2.75, 3.05) is 27.4 Å². The molecule has 154 valence electrons.